The van der Waals surface area contributed by atoms with Gasteiger partial charge in [0.25, 0.3) is 0 Å². The summed E-state index contributed by atoms with van der Waals surface area (Å²) in [7, 11) is 1.57. The summed E-state index contributed by atoms with van der Waals surface area (Å²) in [5.74, 6) is 1.64. The summed E-state index contributed by atoms with van der Waals surface area (Å²) in [6.45, 7) is 1.31. The Bertz CT molecular complexity index is 805. The fraction of sp³-hybridized carbons (Fsp3) is 0.389. The number of amides is 1. The quantitative estimate of drug-likeness (QED) is 0.593. The van der Waals surface area contributed by atoms with Gasteiger partial charge < -0.3 is 25.4 Å². The van der Waals surface area contributed by atoms with Crippen LogP contribution in [0.4, 0.5) is 17.5 Å². The highest BCUT2D eigenvalue weighted by atomic mass is 35.5. The molecule has 1 amide bonds. The van der Waals surface area contributed by atoms with Crippen molar-refractivity contribution in [2.75, 3.05) is 35.8 Å². The van der Waals surface area contributed by atoms with Crippen LogP contribution in [0.1, 0.15) is 18.4 Å². The maximum Gasteiger partial charge on any atom is 0.227 e. The van der Waals surface area contributed by atoms with Crippen LogP contribution in [0.2, 0.25) is 5.02 Å². The number of nitrogens with zero attached hydrogens (tertiary/aromatic N) is 3. The van der Waals surface area contributed by atoms with Crippen molar-refractivity contribution in [3.63, 3.8) is 0 Å². The van der Waals surface area contributed by atoms with Gasteiger partial charge in [-0.1, -0.05) is 17.7 Å². The van der Waals surface area contributed by atoms with Crippen molar-refractivity contribution in [1.29, 1.82) is 0 Å². The predicted molar refractivity (Wildman–Crippen MR) is 105 cm³/mol. The first kappa shape index (κ1) is 19.2. The van der Waals surface area contributed by atoms with E-state index in [1.807, 2.05) is 17.0 Å². The Morgan fingerprint density at radius 2 is 2.33 bits per heavy atom. The average molecular weight is 392 g/mol. The van der Waals surface area contributed by atoms with Crippen LogP contribution in [-0.2, 0) is 11.3 Å². The Labute approximate surface area is 162 Å². The number of ether oxygens (including phenoxy) is 1. The third-order valence-corrected chi connectivity index (χ3v) is 4.81. The van der Waals surface area contributed by atoms with Gasteiger partial charge in [0, 0.05) is 13.1 Å². The van der Waals surface area contributed by atoms with Crippen LogP contribution in [-0.4, -0.2) is 47.8 Å². The molecule has 1 aliphatic rings. The van der Waals surface area contributed by atoms with Crippen LogP contribution >= 0.6 is 11.6 Å². The van der Waals surface area contributed by atoms with E-state index >= 15 is 0 Å². The monoisotopic (exact) mass is 391 g/mol. The number of rotatable bonds is 8. The Morgan fingerprint density at radius 1 is 1.48 bits per heavy atom. The minimum atomic E-state index is 0.0168. The summed E-state index contributed by atoms with van der Waals surface area (Å²) in [5, 5.41) is 15.9. The number of methoxy groups -OCH3 is 1. The molecule has 1 fully saturated rings. The lowest BCUT2D eigenvalue weighted by Crippen LogP contribution is -2.33. The van der Waals surface area contributed by atoms with E-state index in [4.69, 9.17) is 16.3 Å². The molecule has 3 N–H and O–H groups in total. The Hall–Kier alpha value is -2.58. The molecule has 1 aliphatic heterocycles. The van der Waals surface area contributed by atoms with E-state index in [1.54, 1.807) is 19.4 Å². The van der Waals surface area contributed by atoms with Crippen molar-refractivity contribution >= 4 is 35.5 Å². The van der Waals surface area contributed by atoms with Crippen molar-refractivity contribution in [1.82, 2.24) is 9.97 Å². The van der Waals surface area contributed by atoms with Crippen molar-refractivity contribution < 1.29 is 14.6 Å². The Morgan fingerprint density at radius 3 is 3.04 bits per heavy atom. The lowest BCUT2D eigenvalue weighted by atomic mass is 10.2. The maximum atomic E-state index is 10.9. The normalized spacial score (nSPS) is 16.3. The topological polar surface area (TPSA) is 99.6 Å². The molecule has 1 aromatic heterocycles. The summed E-state index contributed by atoms with van der Waals surface area (Å²) in [6.07, 6.45) is 4.03. The van der Waals surface area contributed by atoms with E-state index in [9.17, 15) is 9.90 Å². The van der Waals surface area contributed by atoms with E-state index in [0.29, 0.717) is 41.2 Å². The molecule has 0 unspecified atom stereocenters. The van der Waals surface area contributed by atoms with Gasteiger partial charge in [0.1, 0.15) is 11.4 Å². The summed E-state index contributed by atoms with van der Waals surface area (Å²) in [6, 6.07) is 5.52. The lowest BCUT2D eigenvalue weighted by Gasteiger charge is -2.23. The Kier molecular flexibility index (Phi) is 6.31. The van der Waals surface area contributed by atoms with Gasteiger partial charge in [-0.25, -0.2) is 4.98 Å². The first-order chi connectivity index (χ1) is 13.2. The SMILES string of the molecule is COc1ccc(CNc2nc(N3CCC[C@H]3CO)ncc2NC=O)cc1Cl. The minimum Gasteiger partial charge on any atom is -0.495 e. The van der Waals surface area contributed by atoms with Gasteiger partial charge >= 0.3 is 0 Å². The second kappa shape index (κ2) is 8.88. The summed E-state index contributed by atoms with van der Waals surface area (Å²) < 4.78 is 5.16. The van der Waals surface area contributed by atoms with E-state index in [1.165, 1.54) is 0 Å². The average Bonchev–Trinajstić information content (AvgIpc) is 3.16. The molecule has 8 nitrogen and oxygen atoms in total. The molecule has 27 heavy (non-hydrogen) atoms. The van der Waals surface area contributed by atoms with Gasteiger partial charge in [-0.2, -0.15) is 4.98 Å². The number of carbonyl (C=O) groups is 1. The third-order valence-electron chi connectivity index (χ3n) is 4.51. The molecule has 0 radical (unpaired) electrons. The van der Waals surface area contributed by atoms with Crippen LogP contribution in [0.3, 0.4) is 0 Å². The van der Waals surface area contributed by atoms with E-state index in [2.05, 4.69) is 20.6 Å². The molecule has 1 atom stereocenters. The zero-order valence-corrected chi connectivity index (χ0v) is 15.7. The highest BCUT2D eigenvalue weighted by molar-refractivity contribution is 6.32. The molecule has 1 saturated heterocycles. The number of aliphatic hydroxyl groups is 1. The summed E-state index contributed by atoms with van der Waals surface area (Å²) in [4.78, 5) is 21.8. The standard InChI is InChI=1S/C18H22ClN5O3/c1-27-16-5-4-12(7-14(16)19)8-20-17-15(22-11-26)9-21-18(23-17)24-6-2-3-13(24)10-25/h4-5,7,9,11,13,25H,2-3,6,8,10H2,1H3,(H,22,26)(H,20,21,23)/t13-/m0/s1. The van der Waals surface area contributed by atoms with Crippen LogP contribution in [0.25, 0.3) is 0 Å². The predicted octanol–water partition coefficient (Wildman–Crippen LogP) is 2.28. The van der Waals surface area contributed by atoms with E-state index in [0.717, 1.165) is 24.9 Å². The third kappa shape index (κ3) is 4.40. The van der Waals surface area contributed by atoms with Gasteiger partial charge in [-0.05, 0) is 30.5 Å². The van der Waals surface area contributed by atoms with Crippen LogP contribution in [0, 0.1) is 0 Å². The number of halogens is 1. The van der Waals surface area contributed by atoms with Gasteiger partial charge in [-0.3, -0.25) is 4.79 Å². The van der Waals surface area contributed by atoms with Crippen molar-refractivity contribution in [3.05, 3.63) is 35.0 Å². The molecule has 9 heteroatoms. The van der Waals surface area contributed by atoms with Gasteiger partial charge in [0.15, 0.2) is 5.82 Å². The molecule has 0 bridgehead atoms. The molecule has 2 aromatic rings. The molecular weight excluding hydrogens is 370 g/mol. The molecule has 3 rings (SSSR count). The highest BCUT2D eigenvalue weighted by Gasteiger charge is 2.26. The lowest BCUT2D eigenvalue weighted by molar-refractivity contribution is -0.105. The maximum absolute atomic E-state index is 10.9. The van der Waals surface area contributed by atoms with E-state index < -0.39 is 0 Å². The zero-order valence-electron chi connectivity index (χ0n) is 15.0. The second-order valence-electron chi connectivity index (χ2n) is 6.19. The fourth-order valence-electron chi connectivity index (χ4n) is 3.11. The molecule has 2 heterocycles. The minimum absolute atomic E-state index is 0.0168. The summed E-state index contributed by atoms with van der Waals surface area (Å²) >= 11 is 6.17. The highest BCUT2D eigenvalue weighted by Crippen LogP contribution is 2.28. The van der Waals surface area contributed by atoms with Crippen LogP contribution < -0.4 is 20.3 Å². The molecule has 0 spiro atoms. The van der Waals surface area contributed by atoms with E-state index in [-0.39, 0.29) is 12.6 Å². The number of hydrogen-bond acceptors (Lipinski definition) is 7. The number of aliphatic hydroxyl groups excluding tert-OH is 1. The first-order valence-corrected chi connectivity index (χ1v) is 9.05. The van der Waals surface area contributed by atoms with Gasteiger partial charge in [0.2, 0.25) is 12.4 Å². The van der Waals surface area contributed by atoms with Gasteiger partial charge in [0.05, 0.1) is 31.0 Å². The van der Waals surface area contributed by atoms with Crippen molar-refractivity contribution in [2.45, 2.75) is 25.4 Å². The number of anilines is 3. The molecule has 0 aliphatic carbocycles. The van der Waals surface area contributed by atoms with Crippen LogP contribution in [0.5, 0.6) is 5.75 Å². The Balaban J connectivity index is 1.80. The first-order valence-electron chi connectivity index (χ1n) is 8.67. The molecule has 1 aromatic carbocycles. The fourth-order valence-corrected chi connectivity index (χ4v) is 3.39. The number of hydrogen-bond donors (Lipinski definition) is 3. The number of nitrogens with one attached hydrogen (secondary N) is 2. The smallest absolute Gasteiger partial charge is 0.227 e. The second-order valence-corrected chi connectivity index (χ2v) is 6.60. The largest absolute Gasteiger partial charge is 0.495 e. The zero-order chi connectivity index (χ0) is 19.2. The number of benzene rings is 1. The molecule has 144 valence electrons. The van der Waals surface area contributed by atoms with Crippen molar-refractivity contribution in [2.24, 2.45) is 0 Å². The van der Waals surface area contributed by atoms with Gasteiger partial charge in [-0.15, -0.1) is 0 Å². The molecular formula is C18H22ClN5O3. The summed E-state index contributed by atoms with van der Waals surface area (Å²) in [5.41, 5.74) is 1.42. The van der Waals surface area contributed by atoms with Crippen LogP contribution in [0.15, 0.2) is 24.4 Å². The number of carbonyl (C=O) groups excluding carboxylic acids is 1. The van der Waals surface area contributed by atoms with Crippen molar-refractivity contribution in [3.8, 4) is 5.75 Å². The molecule has 0 saturated carbocycles. The number of aromatic nitrogens is 2.